The molecule has 0 fully saturated rings. The largest absolute Gasteiger partial charge is 0.478 e. The molecule has 6 heteroatoms. The number of carboxylic acids is 1. The molecule has 27 heavy (non-hydrogen) atoms. The lowest BCUT2D eigenvalue weighted by Crippen LogP contribution is -2.06. The zero-order chi connectivity index (χ0) is 19.2. The molecule has 3 rings (SSSR count). The highest BCUT2D eigenvalue weighted by atomic mass is 16.4. The highest BCUT2D eigenvalue weighted by Crippen LogP contribution is 2.24. The summed E-state index contributed by atoms with van der Waals surface area (Å²) < 4.78 is 2.02. The Balaban J connectivity index is 1.83. The molecule has 6 nitrogen and oxygen atoms in total. The van der Waals surface area contributed by atoms with Gasteiger partial charge in [0.1, 0.15) is 5.82 Å². The molecular weight excluding hydrogens is 340 g/mol. The molecule has 0 atom stereocenters. The van der Waals surface area contributed by atoms with Gasteiger partial charge in [-0.3, -0.25) is 4.98 Å². The van der Waals surface area contributed by atoms with Crippen LogP contribution >= 0.6 is 0 Å². The molecule has 140 valence electrons. The number of aryl methyl sites for hydroxylation is 2. The van der Waals surface area contributed by atoms with Crippen molar-refractivity contribution in [3.8, 4) is 11.1 Å². The van der Waals surface area contributed by atoms with E-state index in [0.29, 0.717) is 12.0 Å². The molecule has 0 saturated heterocycles. The maximum atomic E-state index is 11.4. The predicted octanol–water partition coefficient (Wildman–Crippen LogP) is 3.99. The minimum absolute atomic E-state index is 0.206. The molecule has 2 heterocycles. The lowest BCUT2D eigenvalue weighted by molar-refractivity contribution is 0.0697. The van der Waals surface area contributed by atoms with E-state index in [0.717, 1.165) is 48.6 Å². The standard InChI is InChI=1S/C21H24N4O2/c1-3-5-12-25-20(23-19(4-2)24-25)13-15-6-8-16(9-7-15)17-10-11-22-14-18(17)21(26)27/h6-11,14H,3-5,12-13H2,1-2H3,(H,26,27). The molecule has 0 amide bonds. The summed E-state index contributed by atoms with van der Waals surface area (Å²) in [6.07, 6.45) is 6.72. The second-order valence-corrected chi connectivity index (χ2v) is 6.47. The normalized spacial score (nSPS) is 10.9. The second kappa shape index (κ2) is 8.58. The Labute approximate surface area is 158 Å². The predicted molar refractivity (Wildman–Crippen MR) is 104 cm³/mol. The van der Waals surface area contributed by atoms with Crippen LogP contribution in [0.25, 0.3) is 11.1 Å². The average Bonchev–Trinajstić information content (AvgIpc) is 3.08. The van der Waals surface area contributed by atoms with Crippen molar-refractivity contribution in [2.45, 2.75) is 46.1 Å². The third kappa shape index (κ3) is 4.39. The van der Waals surface area contributed by atoms with Crippen molar-refractivity contribution in [1.82, 2.24) is 19.7 Å². The highest BCUT2D eigenvalue weighted by molar-refractivity contribution is 5.95. The van der Waals surface area contributed by atoms with Crippen LogP contribution in [-0.2, 0) is 19.4 Å². The first-order valence-corrected chi connectivity index (χ1v) is 9.31. The van der Waals surface area contributed by atoms with Gasteiger partial charge in [0, 0.05) is 31.8 Å². The van der Waals surface area contributed by atoms with E-state index in [1.807, 2.05) is 28.9 Å². The Morgan fingerprint density at radius 2 is 1.93 bits per heavy atom. The van der Waals surface area contributed by atoms with E-state index < -0.39 is 5.97 Å². The third-order valence-electron chi connectivity index (χ3n) is 4.51. The molecule has 0 bridgehead atoms. The average molecular weight is 364 g/mol. The molecule has 0 aliphatic carbocycles. The second-order valence-electron chi connectivity index (χ2n) is 6.47. The van der Waals surface area contributed by atoms with E-state index in [1.54, 1.807) is 12.3 Å². The van der Waals surface area contributed by atoms with Crippen molar-refractivity contribution in [2.75, 3.05) is 0 Å². The number of hydrogen-bond acceptors (Lipinski definition) is 4. The van der Waals surface area contributed by atoms with Gasteiger partial charge >= 0.3 is 5.97 Å². The first-order valence-electron chi connectivity index (χ1n) is 9.31. The summed E-state index contributed by atoms with van der Waals surface area (Å²) in [7, 11) is 0. The van der Waals surface area contributed by atoms with Crippen molar-refractivity contribution >= 4 is 5.97 Å². The Bertz CT molecular complexity index is 916. The fourth-order valence-corrected chi connectivity index (χ4v) is 2.99. The Morgan fingerprint density at radius 1 is 1.15 bits per heavy atom. The van der Waals surface area contributed by atoms with Crippen molar-refractivity contribution < 1.29 is 9.90 Å². The summed E-state index contributed by atoms with van der Waals surface area (Å²) in [4.78, 5) is 20.0. The van der Waals surface area contributed by atoms with Gasteiger partial charge in [-0.15, -0.1) is 0 Å². The lowest BCUT2D eigenvalue weighted by atomic mass is 10.00. The van der Waals surface area contributed by atoms with Crippen molar-refractivity contribution in [1.29, 1.82) is 0 Å². The number of benzene rings is 1. The molecular formula is C21H24N4O2. The number of carboxylic acid groups (broad SMARTS) is 1. The van der Waals surface area contributed by atoms with E-state index >= 15 is 0 Å². The van der Waals surface area contributed by atoms with Gasteiger partial charge in [-0.25, -0.2) is 14.5 Å². The van der Waals surface area contributed by atoms with Gasteiger partial charge in [0.25, 0.3) is 0 Å². The number of aromatic carboxylic acids is 1. The summed E-state index contributed by atoms with van der Waals surface area (Å²) >= 11 is 0. The summed E-state index contributed by atoms with van der Waals surface area (Å²) in [6.45, 7) is 5.11. The van der Waals surface area contributed by atoms with E-state index in [4.69, 9.17) is 0 Å². The van der Waals surface area contributed by atoms with Crippen molar-refractivity contribution in [3.63, 3.8) is 0 Å². The van der Waals surface area contributed by atoms with Crippen molar-refractivity contribution in [2.24, 2.45) is 0 Å². The maximum absolute atomic E-state index is 11.4. The van der Waals surface area contributed by atoms with Crippen LogP contribution in [0.4, 0.5) is 0 Å². The Hall–Kier alpha value is -3.02. The van der Waals surface area contributed by atoms with Crippen LogP contribution in [0.2, 0.25) is 0 Å². The summed E-state index contributed by atoms with van der Waals surface area (Å²) in [5.41, 5.74) is 2.86. The molecule has 3 aromatic rings. The number of aromatic nitrogens is 4. The highest BCUT2D eigenvalue weighted by Gasteiger charge is 2.13. The monoisotopic (exact) mass is 364 g/mol. The quantitative estimate of drug-likeness (QED) is 0.653. The number of unbranched alkanes of at least 4 members (excludes halogenated alkanes) is 1. The molecule has 0 aliphatic heterocycles. The topological polar surface area (TPSA) is 80.9 Å². The number of hydrogen-bond donors (Lipinski definition) is 1. The van der Waals surface area contributed by atoms with Crippen LogP contribution in [0.1, 0.15) is 54.3 Å². The molecule has 1 N–H and O–H groups in total. The van der Waals surface area contributed by atoms with Gasteiger partial charge in [0.15, 0.2) is 5.82 Å². The van der Waals surface area contributed by atoms with Gasteiger partial charge in [-0.05, 0) is 29.2 Å². The van der Waals surface area contributed by atoms with Gasteiger partial charge in [-0.1, -0.05) is 44.5 Å². The zero-order valence-electron chi connectivity index (χ0n) is 15.7. The minimum Gasteiger partial charge on any atom is -0.478 e. The first kappa shape index (κ1) is 18.8. The third-order valence-corrected chi connectivity index (χ3v) is 4.51. The fraction of sp³-hybridized carbons (Fsp3) is 0.333. The van der Waals surface area contributed by atoms with Crippen LogP contribution in [-0.4, -0.2) is 30.8 Å². The van der Waals surface area contributed by atoms with E-state index in [9.17, 15) is 9.90 Å². The molecule has 2 aromatic heterocycles. The van der Waals surface area contributed by atoms with Gasteiger partial charge in [0.2, 0.25) is 0 Å². The minimum atomic E-state index is -0.974. The fourth-order valence-electron chi connectivity index (χ4n) is 2.99. The van der Waals surface area contributed by atoms with Crippen LogP contribution in [0.15, 0.2) is 42.7 Å². The SMILES string of the molecule is CCCCn1nc(CC)nc1Cc1ccc(-c2ccncc2C(=O)O)cc1. The zero-order valence-corrected chi connectivity index (χ0v) is 15.7. The van der Waals surface area contributed by atoms with E-state index in [1.165, 1.54) is 6.20 Å². The first-order chi connectivity index (χ1) is 13.1. The van der Waals surface area contributed by atoms with Crippen LogP contribution in [0.5, 0.6) is 0 Å². The number of carbonyl (C=O) groups is 1. The van der Waals surface area contributed by atoms with E-state index in [2.05, 4.69) is 28.9 Å². The molecule has 0 saturated carbocycles. The van der Waals surface area contributed by atoms with Crippen LogP contribution < -0.4 is 0 Å². The van der Waals surface area contributed by atoms with Gasteiger partial charge in [-0.2, -0.15) is 5.10 Å². The van der Waals surface area contributed by atoms with Crippen LogP contribution in [0.3, 0.4) is 0 Å². The molecule has 0 unspecified atom stereocenters. The molecule has 0 spiro atoms. The summed E-state index contributed by atoms with van der Waals surface area (Å²) in [6, 6.07) is 9.67. The molecule has 1 aromatic carbocycles. The summed E-state index contributed by atoms with van der Waals surface area (Å²) in [5, 5.41) is 13.9. The van der Waals surface area contributed by atoms with Crippen molar-refractivity contribution in [3.05, 3.63) is 65.5 Å². The van der Waals surface area contributed by atoms with Gasteiger partial charge < -0.3 is 5.11 Å². The maximum Gasteiger partial charge on any atom is 0.337 e. The number of pyridine rings is 1. The smallest absolute Gasteiger partial charge is 0.337 e. The van der Waals surface area contributed by atoms with E-state index in [-0.39, 0.29) is 5.56 Å². The number of rotatable bonds is 8. The Kier molecular flexibility index (Phi) is 5.96. The van der Waals surface area contributed by atoms with Gasteiger partial charge in [0.05, 0.1) is 5.56 Å². The Morgan fingerprint density at radius 3 is 2.59 bits per heavy atom. The molecule has 0 radical (unpaired) electrons. The number of nitrogens with zero attached hydrogens (tertiary/aromatic N) is 4. The van der Waals surface area contributed by atoms with Crippen LogP contribution in [0, 0.1) is 0 Å². The molecule has 0 aliphatic rings. The lowest BCUT2D eigenvalue weighted by Gasteiger charge is -2.08. The summed E-state index contributed by atoms with van der Waals surface area (Å²) in [5.74, 6) is 0.877.